The molecule has 306 valence electrons. The van der Waals surface area contributed by atoms with E-state index in [1.54, 1.807) is 0 Å². The molecule has 0 aliphatic heterocycles. The third kappa shape index (κ3) is 6.23. The summed E-state index contributed by atoms with van der Waals surface area (Å²) in [4.78, 5) is 2.51. The number of fused-ring (bicyclic) bond motifs is 13. The Labute approximate surface area is 381 Å². The second-order valence-electron chi connectivity index (χ2n) is 17.1. The van der Waals surface area contributed by atoms with Gasteiger partial charge in [-0.2, -0.15) is 0 Å². The van der Waals surface area contributed by atoms with E-state index < -0.39 is 0 Å². The van der Waals surface area contributed by atoms with Gasteiger partial charge < -0.3 is 9.32 Å². The van der Waals surface area contributed by atoms with Gasteiger partial charge in [-0.1, -0.05) is 182 Å². The molecule has 0 fully saturated rings. The Morgan fingerprint density at radius 3 is 1.74 bits per heavy atom. The van der Waals surface area contributed by atoms with E-state index in [0.717, 1.165) is 51.8 Å². The molecule has 3 heteroatoms. The number of thiophene rings is 1. The first kappa shape index (κ1) is 37.6. The van der Waals surface area contributed by atoms with Crippen LogP contribution in [0.5, 0.6) is 0 Å². The van der Waals surface area contributed by atoms with Crippen LogP contribution in [0.15, 0.2) is 229 Å². The van der Waals surface area contributed by atoms with Gasteiger partial charge >= 0.3 is 0 Å². The van der Waals surface area contributed by atoms with Crippen molar-refractivity contribution < 1.29 is 4.42 Å². The molecule has 0 saturated heterocycles. The van der Waals surface area contributed by atoms with Crippen molar-refractivity contribution in [1.82, 2.24) is 0 Å². The van der Waals surface area contributed by atoms with E-state index in [1.165, 1.54) is 86.9 Å². The molecular formula is C62H41NOS. The first-order valence-corrected chi connectivity index (χ1v) is 23.2. The molecule has 0 unspecified atom stereocenters. The van der Waals surface area contributed by atoms with Crippen molar-refractivity contribution >= 4 is 70.5 Å². The maximum Gasteiger partial charge on any atom is 0.143 e. The smallest absolute Gasteiger partial charge is 0.143 e. The number of hydrogen-bond donors (Lipinski definition) is 0. The number of benzene rings is 10. The fraction of sp³-hybridized carbons (Fsp3) is 0.0323. The Hall–Kier alpha value is -7.98. The van der Waals surface area contributed by atoms with Gasteiger partial charge in [-0.25, -0.2) is 0 Å². The van der Waals surface area contributed by atoms with Gasteiger partial charge in [0.1, 0.15) is 11.2 Å². The van der Waals surface area contributed by atoms with Crippen molar-refractivity contribution in [2.24, 2.45) is 0 Å². The SMILES string of the molecule is c1ccc(-c2ccccc2N(c2ccc(-c3cccc4sc5ccccc5c34)cc2)c2cccc3c2-c2ccccc2Cc2ccc4c(oc5ccccc54)c2-c2ccccc2C3)cc1. The van der Waals surface area contributed by atoms with Gasteiger partial charge in [-0.15, -0.1) is 11.3 Å². The molecule has 0 bridgehead atoms. The number of nitrogens with zero attached hydrogens (tertiary/aromatic N) is 1. The van der Waals surface area contributed by atoms with Crippen LogP contribution in [0.4, 0.5) is 17.1 Å². The molecule has 0 saturated carbocycles. The Kier molecular flexibility index (Phi) is 8.89. The van der Waals surface area contributed by atoms with E-state index in [1.807, 2.05) is 11.3 Å². The normalized spacial score (nSPS) is 12.2. The molecule has 1 aliphatic rings. The summed E-state index contributed by atoms with van der Waals surface area (Å²) in [5.41, 5.74) is 20.0. The van der Waals surface area contributed by atoms with E-state index in [9.17, 15) is 0 Å². The van der Waals surface area contributed by atoms with E-state index >= 15 is 0 Å². The van der Waals surface area contributed by atoms with Gasteiger partial charge in [0.25, 0.3) is 0 Å². The zero-order valence-corrected chi connectivity index (χ0v) is 36.4. The highest BCUT2D eigenvalue weighted by atomic mass is 32.1. The average molecular weight is 848 g/mol. The number of para-hydroxylation sites is 2. The lowest BCUT2D eigenvalue weighted by Gasteiger charge is -2.32. The fourth-order valence-electron chi connectivity index (χ4n) is 10.5. The van der Waals surface area contributed by atoms with Gasteiger partial charge in [0.05, 0.1) is 11.4 Å². The predicted molar refractivity (Wildman–Crippen MR) is 275 cm³/mol. The van der Waals surface area contributed by atoms with Crippen molar-refractivity contribution in [2.75, 3.05) is 4.90 Å². The van der Waals surface area contributed by atoms with Gasteiger partial charge in [0, 0.05) is 53.3 Å². The van der Waals surface area contributed by atoms with E-state index in [0.29, 0.717) is 0 Å². The standard InChI is InChI=1S/C62H41NOS/c1-2-16-40(17-3-1)47-21-8-11-27-54(47)63(46-35-32-41(33-36-46)48-26-15-31-58-61(48)53-25-10-13-30-57(53)65-58)55-28-14-20-44-38-43-19-5-7-23-50(43)60-45(39-42-18-4-6-22-49(42)59(44)55)34-37-52-51-24-9-12-29-56(51)64-62(52)60/h1-37H,38-39H2. The largest absolute Gasteiger partial charge is 0.455 e. The summed E-state index contributed by atoms with van der Waals surface area (Å²) in [6.45, 7) is 0. The number of furan rings is 1. The molecule has 65 heavy (non-hydrogen) atoms. The molecule has 10 aromatic carbocycles. The van der Waals surface area contributed by atoms with Crippen LogP contribution in [0.1, 0.15) is 22.3 Å². The predicted octanol–water partition coefficient (Wildman–Crippen LogP) is 17.6. The molecule has 1 aliphatic carbocycles. The van der Waals surface area contributed by atoms with Crippen LogP contribution in [0.2, 0.25) is 0 Å². The van der Waals surface area contributed by atoms with E-state index in [-0.39, 0.29) is 0 Å². The number of anilines is 3. The summed E-state index contributed by atoms with van der Waals surface area (Å²) < 4.78 is 9.42. The summed E-state index contributed by atoms with van der Waals surface area (Å²) in [6.07, 6.45) is 1.49. The molecule has 13 rings (SSSR count). The lowest BCUT2D eigenvalue weighted by atomic mass is 9.82. The molecule has 0 spiro atoms. The third-order valence-corrected chi connectivity index (χ3v) is 14.5. The van der Waals surface area contributed by atoms with Crippen molar-refractivity contribution in [3.8, 4) is 44.5 Å². The van der Waals surface area contributed by atoms with Crippen LogP contribution in [-0.4, -0.2) is 0 Å². The van der Waals surface area contributed by atoms with Crippen molar-refractivity contribution in [1.29, 1.82) is 0 Å². The highest BCUT2D eigenvalue weighted by Gasteiger charge is 2.27. The Balaban J connectivity index is 1.04. The summed E-state index contributed by atoms with van der Waals surface area (Å²) in [5.74, 6) is 0. The number of rotatable bonds is 5. The van der Waals surface area contributed by atoms with Crippen LogP contribution in [0.3, 0.4) is 0 Å². The molecule has 2 heterocycles. The zero-order chi connectivity index (χ0) is 42.8. The zero-order valence-electron chi connectivity index (χ0n) is 35.5. The lowest BCUT2D eigenvalue weighted by molar-refractivity contribution is 0.669. The van der Waals surface area contributed by atoms with Crippen molar-refractivity contribution in [3.63, 3.8) is 0 Å². The second kappa shape index (κ2) is 15.4. The van der Waals surface area contributed by atoms with Crippen LogP contribution < -0.4 is 4.90 Å². The van der Waals surface area contributed by atoms with Crippen LogP contribution in [0, 0.1) is 0 Å². The molecule has 0 atom stereocenters. The molecule has 0 N–H and O–H groups in total. The molecule has 2 aromatic heterocycles. The monoisotopic (exact) mass is 847 g/mol. The summed E-state index contributed by atoms with van der Waals surface area (Å²) in [7, 11) is 0. The van der Waals surface area contributed by atoms with Crippen molar-refractivity contribution in [2.45, 2.75) is 12.8 Å². The Bertz CT molecular complexity index is 3780. The van der Waals surface area contributed by atoms with Crippen molar-refractivity contribution in [3.05, 3.63) is 247 Å². The molecule has 0 amide bonds. The summed E-state index contributed by atoms with van der Waals surface area (Å²) in [5, 5.41) is 4.94. The van der Waals surface area contributed by atoms with E-state index in [2.05, 4.69) is 229 Å². The lowest BCUT2D eigenvalue weighted by Crippen LogP contribution is -2.14. The minimum absolute atomic E-state index is 0.745. The van der Waals surface area contributed by atoms with Crippen LogP contribution in [0.25, 0.3) is 86.6 Å². The first-order valence-electron chi connectivity index (χ1n) is 22.4. The maximum atomic E-state index is 6.80. The highest BCUT2D eigenvalue weighted by Crippen LogP contribution is 2.50. The summed E-state index contributed by atoms with van der Waals surface area (Å²) >= 11 is 1.87. The highest BCUT2D eigenvalue weighted by molar-refractivity contribution is 7.25. The second-order valence-corrected chi connectivity index (χ2v) is 18.2. The average Bonchev–Trinajstić information content (AvgIpc) is 3.94. The summed E-state index contributed by atoms with van der Waals surface area (Å²) in [6, 6.07) is 82.4. The molecular weight excluding hydrogens is 807 g/mol. The van der Waals surface area contributed by atoms with Crippen LogP contribution >= 0.6 is 11.3 Å². The van der Waals surface area contributed by atoms with Gasteiger partial charge in [0.2, 0.25) is 0 Å². The molecule has 0 radical (unpaired) electrons. The maximum absolute atomic E-state index is 6.80. The van der Waals surface area contributed by atoms with E-state index in [4.69, 9.17) is 4.42 Å². The molecule has 12 aromatic rings. The van der Waals surface area contributed by atoms with Crippen LogP contribution in [-0.2, 0) is 12.8 Å². The minimum atomic E-state index is 0.745. The topological polar surface area (TPSA) is 16.4 Å². The first-order chi connectivity index (χ1) is 32.2. The Morgan fingerprint density at radius 1 is 0.354 bits per heavy atom. The minimum Gasteiger partial charge on any atom is -0.455 e. The van der Waals surface area contributed by atoms with Gasteiger partial charge in [-0.05, 0) is 105 Å². The third-order valence-electron chi connectivity index (χ3n) is 13.4. The quantitative estimate of drug-likeness (QED) is 0.172. The molecule has 2 nitrogen and oxygen atoms in total. The fourth-order valence-corrected chi connectivity index (χ4v) is 11.6. The number of hydrogen-bond acceptors (Lipinski definition) is 3. The Morgan fingerprint density at radius 2 is 0.923 bits per heavy atom. The van der Waals surface area contributed by atoms with Gasteiger partial charge in [0.15, 0.2) is 0 Å². The van der Waals surface area contributed by atoms with Gasteiger partial charge in [-0.3, -0.25) is 0 Å².